The smallest absolute Gasteiger partial charge is 0.243 e. The molecular formula is C18H19BrN2O3S. The topological polar surface area (TPSA) is 66.5 Å². The van der Waals surface area contributed by atoms with E-state index in [-0.39, 0.29) is 10.8 Å². The highest BCUT2D eigenvalue weighted by Crippen LogP contribution is 2.27. The van der Waals surface area contributed by atoms with Crippen LogP contribution in [0.2, 0.25) is 0 Å². The number of halogens is 1. The van der Waals surface area contributed by atoms with Crippen LogP contribution in [-0.2, 0) is 14.8 Å². The molecule has 25 heavy (non-hydrogen) atoms. The Morgan fingerprint density at radius 2 is 1.92 bits per heavy atom. The third-order valence-corrected chi connectivity index (χ3v) is 6.64. The number of carbonyl (C=O) groups excluding carboxylic acids is 1. The molecule has 1 aliphatic heterocycles. The van der Waals surface area contributed by atoms with E-state index in [4.69, 9.17) is 0 Å². The van der Waals surface area contributed by atoms with Gasteiger partial charge in [-0.3, -0.25) is 4.79 Å². The van der Waals surface area contributed by atoms with E-state index in [1.165, 1.54) is 4.31 Å². The van der Waals surface area contributed by atoms with Gasteiger partial charge < -0.3 is 5.32 Å². The van der Waals surface area contributed by atoms with Gasteiger partial charge in [-0.25, -0.2) is 8.42 Å². The van der Waals surface area contributed by atoms with E-state index in [0.717, 1.165) is 10.0 Å². The summed E-state index contributed by atoms with van der Waals surface area (Å²) in [6.07, 6.45) is 1.19. The van der Waals surface area contributed by atoms with Gasteiger partial charge in [0, 0.05) is 16.7 Å². The van der Waals surface area contributed by atoms with E-state index in [1.807, 2.05) is 19.1 Å². The fourth-order valence-electron chi connectivity index (χ4n) is 2.93. The molecule has 1 heterocycles. The number of amides is 1. The van der Waals surface area contributed by atoms with Crippen molar-refractivity contribution in [3.05, 3.63) is 58.6 Å². The minimum Gasteiger partial charge on any atom is -0.325 e. The van der Waals surface area contributed by atoms with Gasteiger partial charge in [0.05, 0.1) is 4.90 Å². The summed E-state index contributed by atoms with van der Waals surface area (Å²) in [5.74, 6) is -0.300. The first-order valence-corrected chi connectivity index (χ1v) is 10.3. The number of hydrogen-bond donors (Lipinski definition) is 1. The van der Waals surface area contributed by atoms with E-state index in [0.29, 0.717) is 25.1 Å². The molecule has 7 heteroatoms. The van der Waals surface area contributed by atoms with Gasteiger partial charge in [0.15, 0.2) is 0 Å². The van der Waals surface area contributed by atoms with E-state index < -0.39 is 16.1 Å². The van der Waals surface area contributed by atoms with Crippen molar-refractivity contribution in [3.63, 3.8) is 0 Å². The number of sulfonamides is 1. The van der Waals surface area contributed by atoms with Gasteiger partial charge in [0.2, 0.25) is 15.9 Å². The fraction of sp³-hybridized carbons (Fsp3) is 0.278. The third kappa shape index (κ3) is 3.94. The number of aryl methyl sites for hydroxylation is 1. The summed E-state index contributed by atoms with van der Waals surface area (Å²) >= 11 is 3.36. The van der Waals surface area contributed by atoms with Crippen LogP contribution in [0.4, 0.5) is 5.69 Å². The van der Waals surface area contributed by atoms with Gasteiger partial charge in [-0.15, -0.1) is 0 Å². The fourth-order valence-corrected chi connectivity index (χ4v) is 4.98. The summed E-state index contributed by atoms with van der Waals surface area (Å²) in [7, 11) is -3.69. The minimum absolute atomic E-state index is 0.222. The molecule has 3 rings (SSSR count). The van der Waals surface area contributed by atoms with E-state index in [2.05, 4.69) is 21.2 Å². The second kappa shape index (κ2) is 7.27. The number of nitrogens with zero attached hydrogens (tertiary/aromatic N) is 1. The van der Waals surface area contributed by atoms with E-state index in [1.54, 1.807) is 36.4 Å². The molecule has 132 valence electrons. The lowest BCUT2D eigenvalue weighted by Gasteiger charge is -2.23. The SMILES string of the molecule is Cc1ccc(S(=O)(=O)N2CCCC2C(=O)Nc2cccc(Br)c2)cc1. The van der Waals surface area contributed by atoms with E-state index >= 15 is 0 Å². The Morgan fingerprint density at radius 3 is 2.60 bits per heavy atom. The van der Waals surface area contributed by atoms with Gasteiger partial charge in [0.1, 0.15) is 6.04 Å². The van der Waals surface area contributed by atoms with Gasteiger partial charge in [-0.2, -0.15) is 4.31 Å². The lowest BCUT2D eigenvalue weighted by molar-refractivity contribution is -0.119. The second-order valence-electron chi connectivity index (χ2n) is 6.09. The van der Waals surface area contributed by atoms with Crippen LogP contribution >= 0.6 is 15.9 Å². The number of anilines is 1. The Hall–Kier alpha value is -1.70. The zero-order valence-corrected chi connectivity index (χ0v) is 16.2. The highest BCUT2D eigenvalue weighted by Gasteiger charge is 2.39. The third-order valence-electron chi connectivity index (χ3n) is 4.23. The first kappa shape index (κ1) is 18.1. The summed E-state index contributed by atoms with van der Waals surface area (Å²) < 4.78 is 28.0. The maximum Gasteiger partial charge on any atom is 0.243 e. The molecule has 1 fully saturated rings. The molecule has 0 spiro atoms. The quantitative estimate of drug-likeness (QED) is 0.818. The van der Waals surface area contributed by atoms with Crippen LogP contribution < -0.4 is 5.32 Å². The van der Waals surface area contributed by atoms with Crippen LogP contribution in [-0.4, -0.2) is 31.2 Å². The predicted octanol–water partition coefficient (Wildman–Crippen LogP) is 3.55. The zero-order chi connectivity index (χ0) is 18.0. The highest BCUT2D eigenvalue weighted by molar-refractivity contribution is 9.10. The van der Waals surface area contributed by atoms with Crippen molar-refractivity contribution in [1.82, 2.24) is 4.31 Å². The summed E-state index contributed by atoms with van der Waals surface area (Å²) in [6, 6.07) is 13.2. The number of carbonyl (C=O) groups is 1. The Morgan fingerprint density at radius 1 is 1.20 bits per heavy atom. The monoisotopic (exact) mass is 422 g/mol. The van der Waals surface area contributed by atoms with Gasteiger partial charge in [-0.1, -0.05) is 39.7 Å². The zero-order valence-electron chi connectivity index (χ0n) is 13.8. The first-order valence-electron chi connectivity index (χ1n) is 8.03. The lowest BCUT2D eigenvalue weighted by atomic mass is 10.2. The average molecular weight is 423 g/mol. The molecule has 2 aromatic rings. The Bertz CT molecular complexity index is 881. The second-order valence-corrected chi connectivity index (χ2v) is 8.89. The van der Waals surface area contributed by atoms with Crippen LogP contribution in [0, 0.1) is 6.92 Å². The molecule has 1 saturated heterocycles. The van der Waals surface area contributed by atoms with Crippen molar-refractivity contribution in [3.8, 4) is 0 Å². The Labute approximate surface area is 156 Å². The maximum atomic E-state index is 12.9. The highest BCUT2D eigenvalue weighted by atomic mass is 79.9. The largest absolute Gasteiger partial charge is 0.325 e. The van der Waals surface area contributed by atoms with Crippen LogP contribution in [0.5, 0.6) is 0 Å². The number of rotatable bonds is 4. The summed E-state index contributed by atoms with van der Waals surface area (Å²) in [4.78, 5) is 12.9. The number of benzene rings is 2. The van der Waals surface area contributed by atoms with Crippen molar-refractivity contribution in [2.24, 2.45) is 0 Å². The molecule has 1 N–H and O–H groups in total. The van der Waals surface area contributed by atoms with Crippen LogP contribution in [0.1, 0.15) is 18.4 Å². The standard InChI is InChI=1S/C18H19BrN2O3S/c1-13-7-9-16(10-8-13)25(23,24)21-11-3-6-17(21)18(22)20-15-5-2-4-14(19)12-15/h2,4-5,7-10,12,17H,3,6,11H2,1H3,(H,20,22). The van der Waals surface area contributed by atoms with Crippen molar-refractivity contribution in [2.75, 3.05) is 11.9 Å². The Kier molecular flexibility index (Phi) is 5.27. The minimum atomic E-state index is -3.69. The maximum absolute atomic E-state index is 12.9. The number of hydrogen-bond acceptors (Lipinski definition) is 3. The molecule has 0 aliphatic carbocycles. The molecular weight excluding hydrogens is 404 g/mol. The molecule has 2 aromatic carbocycles. The summed E-state index contributed by atoms with van der Waals surface area (Å²) in [6.45, 7) is 2.26. The summed E-state index contributed by atoms with van der Waals surface area (Å²) in [5, 5.41) is 2.81. The first-order chi connectivity index (χ1) is 11.9. The van der Waals surface area contributed by atoms with Crippen LogP contribution in [0.3, 0.4) is 0 Å². The van der Waals surface area contributed by atoms with Gasteiger partial charge >= 0.3 is 0 Å². The molecule has 1 amide bonds. The van der Waals surface area contributed by atoms with Crippen LogP contribution in [0.25, 0.3) is 0 Å². The van der Waals surface area contributed by atoms with Crippen molar-refractivity contribution in [2.45, 2.75) is 30.7 Å². The predicted molar refractivity (Wildman–Crippen MR) is 101 cm³/mol. The lowest BCUT2D eigenvalue weighted by Crippen LogP contribution is -2.43. The molecule has 1 aliphatic rings. The molecule has 0 aromatic heterocycles. The molecule has 0 radical (unpaired) electrons. The average Bonchev–Trinajstić information content (AvgIpc) is 3.06. The number of nitrogens with one attached hydrogen (secondary N) is 1. The molecule has 0 bridgehead atoms. The molecule has 0 saturated carbocycles. The van der Waals surface area contributed by atoms with Gasteiger partial charge in [0.25, 0.3) is 0 Å². The van der Waals surface area contributed by atoms with Crippen molar-refractivity contribution in [1.29, 1.82) is 0 Å². The summed E-state index contributed by atoms with van der Waals surface area (Å²) in [5.41, 5.74) is 1.63. The van der Waals surface area contributed by atoms with Crippen molar-refractivity contribution >= 4 is 37.5 Å². The molecule has 5 nitrogen and oxygen atoms in total. The van der Waals surface area contributed by atoms with Gasteiger partial charge in [-0.05, 0) is 50.1 Å². The molecule has 1 unspecified atom stereocenters. The normalized spacial score (nSPS) is 18.2. The molecule has 1 atom stereocenters. The van der Waals surface area contributed by atoms with Crippen molar-refractivity contribution < 1.29 is 13.2 Å². The van der Waals surface area contributed by atoms with Crippen LogP contribution in [0.15, 0.2) is 57.9 Å². The Balaban J connectivity index is 1.82. The van der Waals surface area contributed by atoms with E-state index in [9.17, 15) is 13.2 Å².